The molecule has 0 bridgehead atoms. The molecule has 0 saturated heterocycles. The lowest BCUT2D eigenvalue weighted by Crippen LogP contribution is -2.68. The predicted molar refractivity (Wildman–Crippen MR) is 149 cm³/mol. The molecule has 228 valence electrons. The molecular formula is C32H46O9. The van der Waals surface area contributed by atoms with Crippen LogP contribution < -0.4 is 0 Å². The summed E-state index contributed by atoms with van der Waals surface area (Å²) >= 11 is 0. The predicted octanol–water partition coefficient (Wildman–Crippen LogP) is 2.47. The molecule has 4 rings (SSSR count). The Morgan fingerprint density at radius 1 is 1.02 bits per heavy atom. The van der Waals surface area contributed by atoms with Crippen molar-refractivity contribution in [3.05, 3.63) is 23.8 Å². The minimum Gasteiger partial charge on any atom is -0.456 e. The van der Waals surface area contributed by atoms with E-state index < -0.39 is 80.7 Å². The molecule has 4 N–H and O–H groups in total. The number of aliphatic hydroxyl groups is 4. The summed E-state index contributed by atoms with van der Waals surface area (Å²) in [5.41, 5.74) is -6.73. The quantitative estimate of drug-likeness (QED) is 0.220. The molecule has 0 spiro atoms. The Labute approximate surface area is 242 Å². The summed E-state index contributed by atoms with van der Waals surface area (Å²) in [4.78, 5) is 52.1. The van der Waals surface area contributed by atoms with Crippen molar-refractivity contribution in [2.45, 2.75) is 111 Å². The summed E-state index contributed by atoms with van der Waals surface area (Å²) in [6.45, 7) is 14.7. The van der Waals surface area contributed by atoms with Crippen molar-refractivity contribution >= 4 is 23.3 Å². The first-order valence-electron chi connectivity index (χ1n) is 14.5. The highest BCUT2D eigenvalue weighted by atomic mass is 16.6. The molecule has 4 aliphatic carbocycles. The summed E-state index contributed by atoms with van der Waals surface area (Å²) < 4.78 is 5.21. The fraction of sp³-hybridized carbons (Fsp3) is 0.750. The van der Waals surface area contributed by atoms with E-state index in [4.69, 9.17) is 4.74 Å². The average Bonchev–Trinajstić information content (AvgIpc) is 3.01. The van der Waals surface area contributed by atoms with E-state index in [1.807, 2.05) is 6.92 Å². The number of hydrogen-bond donors (Lipinski definition) is 4. The van der Waals surface area contributed by atoms with Gasteiger partial charge in [0.05, 0.1) is 12.2 Å². The second-order valence-corrected chi connectivity index (χ2v) is 14.9. The van der Waals surface area contributed by atoms with Gasteiger partial charge in [0.15, 0.2) is 11.6 Å². The highest BCUT2D eigenvalue weighted by molar-refractivity contribution is 5.98. The molecular weight excluding hydrogens is 528 g/mol. The van der Waals surface area contributed by atoms with E-state index in [0.717, 1.165) is 6.08 Å². The molecule has 0 radical (unpaired) electrons. The minimum atomic E-state index is -2.08. The largest absolute Gasteiger partial charge is 0.456 e. The Hall–Kier alpha value is -2.20. The zero-order chi connectivity index (χ0) is 31.3. The van der Waals surface area contributed by atoms with E-state index in [9.17, 15) is 39.6 Å². The number of ketones is 3. The van der Waals surface area contributed by atoms with E-state index >= 15 is 0 Å². The van der Waals surface area contributed by atoms with Crippen LogP contribution in [-0.4, -0.2) is 73.3 Å². The number of hydrogen-bond acceptors (Lipinski definition) is 9. The number of Topliss-reactive ketones (excluding diaryl/α,β-unsaturated/α-hetero) is 2. The van der Waals surface area contributed by atoms with E-state index in [2.05, 4.69) is 0 Å². The number of ether oxygens (including phenoxy) is 1. The normalized spacial score (nSPS) is 43.5. The second-order valence-electron chi connectivity index (χ2n) is 14.9. The maximum Gasteiger partial charge on any atom is 0.303 e. The molecule has 4 aliphatic rings. The van der Waals surface area contributed by atoms with E-state index in [1.54, 1.807) is 47.6 Å². The molecule has 2 unspecified atom stereocenters. The van der Waals surface area contributed by atoms with Gasteiger partial charge in [0.2, 0.25) is 0 Å². The van der Waals surface area contributed by atoms with Crippen molar-refractivity contribution in [1.82, 2.24) is 0 Å². The molecule has 0 amide bonds. The smallest absolute Gasteiger partial charge is 0.303 e. The van der Waals surface area contributed by atoms with Gasteiger partial charge in [0.1, 0.15) is 23.1 Å². The summed E-state index contributed by atoms with van der Waals surface area (Å²) in [5, 5.41) is 45.7. The number of carbonyl (C=O) groups is 4. The SMILES string of the molecule is CC(=O)OC(C)(C)C=CC(=O)[C@](C)(O)C1[C@H](O)C[C@@]2(C)C3[C@@H](O)C=C4[C@@H](C[C@H](O)C(=O)C4(C)C)[C@]3(C)C(=O)C[C@]12C. The zero-order valence-corrected chi connectivity index (χ0v) is 25.6. The molecule has 0 aliphatic heterocycles. The van der Waals surface area contributed by atoms with Crippen LogP contribution in [-0.2, 0) is 23.9 Å². The number of allylic oxidation sites excluding steroid dienone is 1. The fourth-order valence-electron chi connectivity index (χ4n) is 9.48. The third-order valence-corrected chi connectivity index (χ3v) is 11.5. The van der Waals surface area contributed by atoms with Crippen LogP contribution in [0.2, 0.25) is 0 Å². The lowest BCUT2D eigenvalue weighted by Gasteiger charge is -2.65. The third-order valence-electron chi connectivity index (χ3n) is 11.5. The highest BCUT2D eigenvalue weighted by Crippen LogP contribution is 2.74. The van der Waals surface area contributed by atoms with Crippen LogP contribution in [0.4, 0.5) is 0 Å². The van der Waals surface area contributed by atoms with E-state index in [-0.39, 0.29) is 30.8 Å². The maximum absolute atomic E-state index is 14.3. The van der Waals surface area contributed by atoms with Gasteiger partial charge in [-0.25, -0.2) is 0 Å². The number of esters is 1. The summed E-state index contributed by atoms with van der Waals surface area (Å²) in [7, 11) is 0. The van der Waals surface area contributed by atoms with Gasteiger partial charge in [-0.3, -0.25) is 19.2 Å². The van der Waals surface area contributed by atoms with Gasteiger partial charge in [0, 0.05) is 36.0 Å². The third kappa shape index (κ3) is 4.33. The van der Waals surface area contributed by atoms with Gasteiger partial charge in [-0.2, -0.15) is 0 Å². The number of rotatable bonds is 5. The first-order valence-corrected chi connectivity index (χ1v) is 14.5. The van der Waals surface area contributed by atoms with Crippen LogP contribution in [0.1, 0.15) is 81.6 Å². The summed E-state index contributed by atoms with van der Waals surface area (Å²) in [6.07, 6.45) is 0.793. The van der Waals surface area contributed by atoms with Gasteiger partial charge in [-0.15, -0.1) is 0 Å². The Kier molecular flexibility index (Phi) is 7.27. The van der Waals surface area contributed by atoms with Crippen molar-refractivity contribution in [3.63, 3.8) is 0 Å². The van der Waals surface area contributed by atoms with Crippen molar-refractivity contribution in [2.24, 2.45) is 39.4 Å². The average molecular weight is 575 g/mol. The van der Waals surface area contributed by atoms with Crippen molar-refractivity contribution < 1.29 is 44.3 Å². The van der Waals surface area contributed by atoms with Gasteiger partial charge in [0.25, 0.3) is 0 Å². The molecule has 41 heavy (non-hydrogen) atoms. The first-order chi connectivity index (χ1) is 18.5. The summed E-state index contributed by atoms with van der Waals surface area (Å²) in [6, 6.07) is 0. The Bertz CT molecular complexity index is 1240. The molecule has 0 aromatic rings. The highest BCUT2D eigenvalue weighted by Gasteiger charge is 2.76. The fourth-order valence-corrected chi connectivity index (χ4v) is 9.48. The first kappa shape index (κ1) is 31.7. The van der Waals surface area contributed by atoms with Crippen LogP contribution >= 0.6 is 0 Å². The zero-order valence-electron chi connectivity index (χ0n) is 25.6. The minimum absolute atomic E-state index is 0.0642. The monoisotopic (exact) mass is 574 g/mol. The molecule has 9 nitrogen and oxygen atoms in total. The number of fused-ring (bicyclic) bond motifs is 5. The molecule has 0 aromatic carbocycles. The van der Waals surface area contributed by atoms with Crippen LogP contribution in [0.15, 0.2) is 23.8 Å². The Morgan fingerprint density at radius 2 is 1.61 bits per heavy atom. The lowest BCUT2D eigenvalue weighted by molar-refractivity contribution is -0.196. The molecule has 0 aromatic heterocycles. The van der Waals surface area contributed by atoms with Crippen LogP contribution in [0, 0.1) is 39.4 Å². The van der Waals surface area contributed by atoms with Crippen LogP contribution in [0.25, 0.3) is 0 Å². The van der Waals surface area contributed by atoms with Gasteiger partial charge >= 0.3 is 5.97 Å². The van der Waals surface area contributed by atoms with Gasteiger partial charge < -0.3 is 25.2 Å². The van der Waals surface area contributed by atoms with E-state index in [1.165, 1.54) is 19.9 Å². The van der Waals surface area contributed by atoms with Gasteiger partial charge in [-0.1, -0.05) is 32.4 Å². The Balaban J connectivity index is 1.79. The number of carbonyl (C=O) groups excluding carboxylic acids is 4. The topological polar surface area (TPSA) is 158 Å². The Morgan fingerprint density at radius 3 is 2.17 bits per heavy atom. The van der Waals surface area contributed by atoms with Crippen LogP contribution in [0.5, 0.6) is 0 Å². The van der Waals surface area contributed by atoms with E-state index in [0.29, 0.717) is 5.57 Å². The summed E-state index contributed by atoms with van der Waals surface area (Å²) in [5.74, 6) is -4.00. The molecule has 3 fully saturated rings. The maximum atomic E-state index is 14.3. The standard InChI is InChI=1S/C32H46O9/c1-16(33)41-27(2,3)11-10-22(37)32(9,40)25-21(36)14-29(6)24-19(34)12-17-18(13-20(35)26(39)28(17,4)5)31(24,8)23(38)15-30(25,29)7/h10-12,18-21,24-25,34-36,40H,13-15H2,1-9H3/t18-,19+,20+,21-,24?,25?,29+,30-,31-,32+/m1/s1. The van der Waals surface area contributed by atoms with Crippen molar-refractivity contribution in [2.75, 3.05) is 0 Å². The van der Waals surface area contributed by atoms with Crippen LogP contribution in [0.3, 0.4) is 0 Å². The number of aliphatic hydroxyl groups excluding tert-OH is 3. The van der Waals surface area contributed by atoms with Crippen molar-refractivity contribution in [3.8, 4) is 0 Å². The molecule has 0 heterocycles. The lowest BCUT2D eigenvalue weighted by atomic mass is 9.38. The molecule has 3 saturated carbocycles. The van der Waals surface area contributed by atoms with Crippen molar-refractivity contribution in [1.29, 1.82) is 0 Å². The molecule has 10 atom stereocenters. The molecule has 9 heteroatoms. The van der Waals surface area contributed by atoms with Gasteiger partial charge in [-0.05, 0) is 76.4 Å². The second kappa shape index (κ2) is 9.40.